The molecule has 0 heterocycles. The number of carboxylic acid groups (broad SMARTS) is 1. The molecule has 1 aromatic carbocycles. The third-order valence-corrected chi connectivity index (χ3v) is 3.33. The van der Waals surface area contributed by atoms with Crippen LogP contribution in [0.4, 0.5) is 0 Å². The van der Waals surface area contributed by atoms with E-state index in [9.17, 15) is 9.59 Å². The smallest absolute Gasteiger partial charge is 0.335 e. The predicted molar refractivity (Wildman–Crippen MR) is 77.5 cm³/mol. The number of hydrogen-bond donors (Lipinski definition) is 2. The summed E-state index contributed by atoms with van der Waals surface area (Å²) in [6.45, 7) is 0.0357. The monoisotopic (exact) mass is 404 g/mol. The van der Waals surface area contributed by atoms with Gasteiger partial charge >= 0.3 is 5.97 Å². The molecule has 0 aliphatic heterocycles. The van der Waals surface area contributed by atoms with Gasteiger partial charge in [-0.25, -0.2) is 4.79 Å². The Morgan fingerprint density at radius 1 is 1.35 bits per heavy atom. The van der Waals surface area contributed by atoms with Crippen molar-refractivity contribution in [2.75, 3.05) is 13.2 Å². The summed E-state index contributed by atoms with van der Waals surface area (Å²) in [5.74, 6) is -1.08. The molecule has 0 saturated carbocycles. The molecule has 0 aromatic heterocycles. The molecule has 1 rings (SSSR count). The summed E-state index contributed by atoms with van der Waals surface area (Å²) in [4.78, 5) is 22.3. The Morgan fingerprint density at radius 2 is 1.95 bits per heavy atom. The van der Waals surface area contributed by atoms with Crippen molar-refractivity contribution in [1.29, 1.82) is 5.26 Å². The zero-order valence-corrected chi connectivity index (χ0v) is 13.3. The van der Waals surface area contributed by atoms with Gasteiger partial charge < -0.3 is 15.2 Å². The quantitative estimate of drug-likeness (QED) is 0.707. The molecular formula is C12H10Br2N2O4. The lowest BCUT2D eigenvalue weighted by Crippen LogP contribution is -2.29. The lowest BCUT2D eigenvalue weighted by Gasteiger charge is -2.11. The fourth-order valence-electron chi connectivity index (χ4n) is 1.27. The molecule has 0 unspecified atom stereocenters. The first-order valence-corrected chi connectivity index (χ1v) is 7.03. The fourth-order valence-corrected chi connectivity index (χ4v) is 2.68. The summed E-state index contributed by atoms with van der Waals surface area (Å²) in [7, 11) is 0. The van der Waals surface area contributed by atoms with Crippen LogP contribution in [0.25, 0.3) is 0 Å². The van der Waals surface area contributed by atoms with E-state index in [0.29, 0.717) is 14.7 Å². The molecule has 0 radical (unpaired) electrons. The summed E-state index contributed by atoms with van der Waals surface area (Å²) in [6, 6.07) is 4.68. The van der Waals surface area contributed by atoms with Gasteiger partial charge in [-0.05, 0) is 44.0 Å². The highest BCUT2D eigenvalue weighted by molar-refractivity contribution is 9.11. The third-order valence-electron chi connectivity index (χ3n) is 2.15. The summed E-state index contributed by atoms with van der Waals surface area (Å²) in [6.07, 6.45) is 0.229. The van der Waals surface area contributed by atoms with Crippen molar-refractivity contribution in [3.63, 3.8) is 0 Å². The van der Waals surface area contributed by atoms with E-state index in [1.165, 1.54) is 12.1 Å². The third kappa shape index (κ3) is 4.83. The van der Waals surface area contributed by atoms with E-state index in [2.05, 4.69) is 37.2 Å². The van der Waals surface area contributed by atoms with E-state index in [0.717, 1.165) is 0 Å². The van der Waals surface area contributed by atoms with Gasteiger partial charge in [-0.1, -0.05) is 0 Å². The van der Waals surface area contributed by atoms with Crippen molar-refractivity contribution in [1.82, 2.24) is 5.32 Å². The second-order valence-electron chi connectivity index (χ2n) is 3.62. The minimum Gasteiger partial charge on any atom is -0.481 e. The summed E-state index contributed by atoms with van der Waals surface area (Å²) in [5, 5.41) is 19.7. The first-order chi connectivity index (χ1) is 9.45. The largest absolute Gasteiger partial charge is 0.481 e. The molecule has 0 spiro atoms. The van der Waals surface area contributed by atoms with Gasteiger partial charge in [0, 0.05) is 6.54 Å². The number of ether oxygens (including phenoxy) is 1. The Balaban J connectivity index is 2.67. The van der Waals surface area contributed by atoms with Gasteiger partial charge in [0.05, 0.1) is 27.0 Å². The van der Waals surface area contributed by atoms with Crippen LogP contribution in [0.5, 0.6) is 5.75 Å². The number of halogens is 2. The van der Waals surface area contributed by atoms with Gasteiger partial charge in [0.1, 0.15) is 5.75 Å². The van der Waals surface area contributed by atoms with Crippen LogP contribution in [0, 0.1) is 11.3 Å². The summed E-state index contributed by atoms with van der Waals surface area (Å²) in [5.41, 5.74) is 0.0922. The number of carbonyl (C=O) groups is 2. The van der Waals surface area contributed by atoms with Gasteiger partial charge in [0.2, 0.25) is 0 Å². The van der Waals surface area contributed by atoms with Crippen LogP contribution >= 0.6 is 31.9 Å². The standard InChI is InChI=1S/C12H10Br2N2O4/c13-8-4-7(12(18)19)5-9(14)11(8)20-6-10(17)16-3-1-2-15/h4-5H,1,3,6H2,(H,16,17)(H,18,19). The Kier molecular flexibility index (Phi) is 6.48. The number of benzene rings is 1. The number of nitrogens with zero attached hydrogens (tertiary/aromatic N) is 1. The highest BCUT2D eigenvalue weighted by Crippen LogP contribution is 2.34. The van der Waals surface area contributed by atoms with E-state index in [1.807, 2.05) is 6.07 Å². The van der Waals surface area contributed by atoms with Crippen molar-refractivity contribution < 1.29 is 19.4 Å². The van der Waals surface area contributed by atoms with E-state index < -0.39 is 5.97 Å². The first kappa shape index (κ1) is 16.5. The van der Waals surface area contributed by atoms with E-state index in [4.69, 9.17) is 15.1 Å². The Labute approximate surface area is 132 Å². The zero-order chi connectivity index (χ0) is 15.1. The number of carboxylic acids is 1. The van der Waals surface area contributed by atoms with Crippen LogP contribution in [-0.4, -0.2) is 30.1 Å². The number of rotatable bonds is 6. The van der Waals surface area contributed by atoms with Gasteiger partial charge in [-0.15, -0.1) is 0 Å². The van der Waals surface area contributed by atoms with Crippen molar-refractivity contribution in [2.24, 2.45) is 0 Å². The predicted octanol–water partition coefficient (Wildman–Crippen LogP) is 2.32. The van der Waals surface area contributed by atoms with Crippen LogP contribution in [0.15, 0.2) is 21.1 Å². The number of nitriles is 1. The van der Waals surface area contributed by atoms with Gasteiger partial charge in [-0.2, -0.15) is 5.26 Å². The minimum absolute atomic E-state index is 0.0922. The lowest BCUT2D eigenvalue weighted by molar-refractivity contribution is -0.123. The number of amides is 1. The van der Waals surface area contributed by atoms with Crippen molar-refractivity contribution >= 4 is 43.7 Å². The molecular weight excluding hydrogens is 396 g/mol. The van der Waals surface area contributed by atoms with Gasteiger partial charge in [0.25, 0.3) is 5.91 Å². The zero-order valence-electron chi connectivity index (χ0n) is 10.2. The molecule has 0 saturated heterocycles. The Morgan fingerprint density at radius 3 is 2.45 bits per heavy atom. The molecule has 1 aromatic rings. The van der Waals surface area contributed by atoms with E-state index in [-0.39, 0.29) is 31.0 Å². The molecule has 8 heteroatoms. The Bertz CT molecular complexity index is 546. The van der Waals surface area contributed by atoms with Crippen LogP contribution < -0.4 is 10.1 Å². The molecule has 2 N–H and O–H groups in total. The second kappa shape index (κ2) is 7.87. The van der Waals surface area contributed by atoms with Crippen molar-refractivity contribution in [3.05, 3.63) is 26.6 Å². The average Bonchev–Trinajstić information content (AvgIpc) is 2.37. The van der Waals surface area contributed by atoms with E-state index >= 15 is 0 Å². The molecule has 0 atom stereocenters. The molecule has 1 amide bonds. The highest BCUT2D eigenvalue weighted by Gasteiger charge is 2.13. The van der Waals surface area contributed by atoms with Crippen LogP contribution in [0.1, 0.15) is 16.8 Å². The molecule has 0 fully saturated rings. The summed E-state index contributed by atoms with van der Waals surface area (Å²) >= 11 is 6.37. The molecule has 0 aliphatic rings. The van der Waals surface area contributed by atoms with Crippen LogP contribution in [-0.2, 0) is 4.79 Å². The number of hydrogen-bond acceptors (Lipinski definition) is 4. The maximum Gasteiger partial charge on any atom is 0.335 e. The average molecular weight is 406 g/mol. The molecule has 0 aliphatic carbocycles. The molecule has 6 nitrogen and oxygen atoms in total. The van der Waals surface area contributed by atoms with Crippen LogP contribution in [0.3, 0.4) is 0 Å². The van der Waals surface area contributed by atoms with Crippen molar-refractivity contribution in [3.8, 4) is 11.8 Å². The fraction of sp³-hybridized carbons (Fsp3) is 0.250. The maximum atomic E-state index is 11.4. The number of aromatic carboxylic acids is 1. The Hall–Kier alpha value is -1.59. The molecule has 106 valence electrons. The number of carbonyl (C=O) groups excluding carboxylic acids is 1. The lowest BCUT2D eigenvalue weighted by atomic mass is 10.2. The second-order valence-corrected chi connectivity index (χ2v) is 5.33. The minimum atomic E-state index is -1.06. The summed E-state index contributed by atoms with van der Waals surface area (Å²) < 4.78 is 6.16. The SMILES string of the molecule is N#CCCNC(=O)COc1c(Br)cc(C(=O)O)cc1Br. The molecule has 20 heavy (non-hydrogen) atoms. The highest BCUT2D eigenvalue weighted by atomic mass is 79.9. The normalized spacial score (nSPS) is 9.65. The molecule has 0 bridgehead atoms. The topological polar surface area (TPSA) is 99.4 Å². The first-order valence-electron chi connectivity index (χ1n) is 5.44. The maximum absolute atomic E-state index is 11.4. The van der Waals surface area contributed by atoms with Gasteiger partial charge in [0.15, 0.2) is 6.61 Å². The van der Waals surface area contributed by atoms with Gasteiger partial charge in [-0.3, -0.25) is 4.79 Å². The number of nitrogens with one attached hydrogen (secondary N) is 1. The van der Waals surface area contributed by atoms with E-state index in [1.54, 1.807) is 0 Å². The van der Waals surface area contributed by atoms with Crippen molar-refractivity contribution in [2.45, 2.75) is 6.42 Å². The van der Waals surface area contributed by atoms with Crippen LogP contribution in [0.2, 0.25) is 0 Å².